The summed E-state index contributed by atoms with van der Waals surface area (Å²) in [5.74, 6) is 0.0276. The highest BCUT2D eigenvalue weighted by molar-refractivity contribution is 7.22. The Morgan fingerprint density at radius 3 is 2.86 bits per heavy atom. The van der Waals surface area contributed by atoms with Crippen molar-refractivity contribution in [3.8, 4) is 0 Å². The van der Waals surface area contributed by atoms with E-state index in [9.17, 15) is 9.18 Å². The number of piperidine rings is 1. The molecule has 0 spiro atoms. The van der Waals surface area contributed by atoms with E-state index in [1.165, 1.54) is 24.5 Å². The molecule has 1 fully saturated rings. The summed E-state index contributed by atoms with van der Waals surface area (Å²) in [6.45, 7) is 2.47. The van der Waals surface area contributed by atoms with Crippen LogP contribution in [0.2, 0.25) is 0 Å². The number of rotatable bonds is 3. The van der Waals surface area contributed by atoms with Crippen molar-refractivity contribution in [3.05, 3.63) is 59.2 Å². The molecule has 8 heteroatoms. The molecule has 0 bridgehead atoms. The van der Waals surface area contributed by atoms with Crippen LogP contribution in [0.4, 0.5) is 9.52 Å². The molecule has 4 aromatic rings. The molecule has 0 unspecified atom stereocenters. The minimum absolute atomic E-state index is 0.105. The van der Waals surface area contributed by atoms with Crippen molar-refractivity contribution in [2.45, 2.75) is 19.4 Å². The number of fused-ring (bicyclic) bond motifs is 2. The zero-order valence-electron chi connectivity index (χ0n) is 15.1. The standard InChI is InChI=1S/C20H18FN5OS/c21-14-1-2-15-16(9-14)23-12-26(19(15)27)11-13-4-7-25(8-5-13)20-24-17-10-22-6-3-18(17)28-20/h1-3,6,9-10,12-13H,4-5,7-8,11H2. The maximum atomic E-state index is 13.3. The Morgan fingerprint density at radius 1 is 1.18 bits per heavy atom. The van der Waals surface area contributed by atoms with E-state index in [0.717, 1.165) is 41.3 Å². The molecule has 0 radical (unpaired) electrons. The molecule has 0 atom stereocenters. The van der Waals surface area contributed by atoms with Gasteiger partial charge in [0.2, 0.25) is 0 Å². The third kappa shape index (κ3) is 3.13. The summed E-state index contributed by atoms with van der Waals surface area (Å²) < 4.78 is 16.1. The number of anilines is 1. The van der Waals surface area contributed by atoms with Crippen molar-refractivity contribution < 1.29 is 4.39 Å². The predicted molar refractivity (Wildman–Crippen MR) is 108 cm³/mol. The smallest absolute Gasteiger partial charge is 0.261 e. The van der Waals surface area contributed by atoms with Gasteiger partial charge >= 0.3 is 0 Å². The molecular weight excluding hydrogens is 377 g/mol. The fraction of sp³-hybridized carbons (Fsp3) is 0.300. The van der Waals surface area contributed by atoms with Crippen LogP contribution >= 0.6 is 11.3 Å². The van der Waals surface area contributed by atoms with E-state index in [1.807, 2.05) is 6.07 Å². The van der Waals surface area contributed by atoms with Crippen LogP contribution in [0.25, 0.3) is 21.1 Å². The van der Waals surface area contributed by atoms with Gasteiger partial charge in [-0.05, 0) is 37.0 Å². The summed E-state index contributed by atoms with van der Waals surface area (Å²) in [5, 5.41) is 1.50. The Labute approximate surface area is 164 Å². The average molecular weight is 395 g/mol. The van der Waals surface area contributed by atoms with Crippen LogP contribution in [0, 0.1) is 11.7 Å². The molecule has 1 aliphatic rings. The van der Waals surface area contributed by atoms with Gasteiger partial charge in [-0.15, -0.1) is 0 Å². The minimum atomic E-state index is -0.379. The number of pyridine rings is 1. The lowest BCUT2D eigenvalue weighted by molar-refractivity contribution is 0.352. The SMILES string of the molecule is O=c1c2ccc(F)cc2ncn1CC1CCN(c2nc3cnccc3s2)CC1. The van der Waals surface area contributed by atoms with Crippen LogP contribution in [0.15, 0.2) is 47.8 Å². The normalized spacial score (nSPS) is 15.5. The zero-order valence-corrected chi connectivity index (χ0v) is 15.9. The van der Waals surface area contributed by atoms with E-state index in [4.69, 9.17) is 0 Å². The van der Waals surface area contributed by atoms with Crippen molar-refractivity contribution in [1.29, 1.82) is 0 Å². The first-order valence-corrected chi connectivity index (χ1v) is 10.1. The van der Waals surface area contributed by atoms with E-state index in [-0.39, 0.29) is 11.4 Å². The molecule has 0 aliphatic carbocycles. The minimum Gasteiger partial charge on any atom is -0.348 e. The fourth-order valence-electron chi connectivity index (χ4n) is 3.75. The lowest BCUT2D eigenvalue weighted by atomic mass is 9.97. The quantitative estimate of drug-likeness (QED) is 0.532. The highest BCUT2D eigenvalue weighted by atomic mass is 32.1. The summed E-state index contributed by atoms with van der Waals surface area (Å²) in [4.78, 5) is 28.1. The van der Waals surface area contributed by atoms with Gasteiger partial charge in [0.25, 0.3) is 5.56 Å². The highest BCUT2D eigenvalue weighted by Gasteiger charge is 2.22. The lowest BCUT2D eigenvalue weighted by Gasteiger charge is -2.31. The van der Waals surface area contributed by atoms with Gasteiger partial charge in [-0.3, -0.25) is 14.3 Å². The molecule has 4 heterocycles. The number of benzene rings is 1. The Balaban J connectivity index is 1.29. The number of aromatic nitrogens is 4. The number of hydrogen-bond acceptors (Lipinski definition) is 6. The first kappa shape index (κ1) is 17.2. The zero-order chi connectivity index (χ0) is 19.1. The number of thiazole rings is 1. The van der Waals surface area contributed by atoms with Crippen molar-refractivity contribution >= 4 is 37.6 Å². The molecule has 3 aromatic heterocycles. The molecule has 6 nitrogen and oxygen atoms in total. The second kappa shape index (κ2) is 6.94. The van der Waals surface area contributed by atoms with Gasteiger partial charge in [0.05, 0.1) is 28.1 Å². The fourth-order valence-corrected chi connectivity index (χ4v) is 4.73. The molecule has 0 saturated carbocycles. The van der Waals surface area contributed by atoms with E-state index in [2.05, 4.69) is 19.9 Å². The van der Waals surface area contributed by atoms with Crippen molar-refractivity contribution in [3.63, 3.8) is 0 Å². The molecular formula is C20H18FN5OS. The molecule has 142 valence electrons. The van der Waals surface area contributed by atoms with Gasteiger partial charge in [0.15, 0.2) is 5.13 Å². The third-order valence-corrected chi connectivity index (χ3v) is 6.40. The second-order valence-electron chi connectivity index (χ2n) is 7.13. The summed E-state index contributed by atoms with van der Waals surface area (Å²) in [5.41, 5.74) is 1.24. The highest BCUT2D eigenvalue weighted by Crippen LogP contribution is 2.31. The van der Waals surface area contributed by atoms with Crippen LogP contribution in [0.3, 0.4) is 0 Å². The third-order valence-electron chi connectivity index (χ3n) is 5.31. The molecule has 0 amide bonds. The monoisotopic (exact) mass is 395 g/mol. The number of halogens is 1. The number of hydrogen-bond donors (Lipinski definition) is 0. The van der Waals surface area contributed by atoms with E-state index < -0.39 is 0 Å². The Hall–Kier alpha value is -2.87. The van der Waals surface area contributed by atoms with Gasteiger partial charge in [0.1, 0.15) is 11.3 Å². The van der Waals surface area contributed by atoms with Crippen molar-refractivity contribution in [2.75, 3.05) is 18.0 Å². The van der Waals surface area contributed by atoms with E-state index in [1.54, 1.807) is 28.3 Å². The van der Waals surface area contributed by atoms with Gasteiger partial charge < -0.3 is 4.90 Å². The molecule has 1 aliphatic heterocycles. The summed E-state index contributed by atoms with van der Waals surface area (Å²) >= 11 is 1.69. The first-order chi connectivity index (χ1) is 13.7. The van der Waals surface area contributed by atoms with Crippen LogP contribution in [0.1, 0.15) is 12.8 Å². The topological polar surface area (TPSA) is 63.9 Å². The second-order valence-corrected chi connectivity index (χ2v) is 8.14. The molecule has 1 aromatic carbocycles. The number of nitrogens with zero attached hydrogens (tertiary/aromatic N) is 5. The Bertz CT molecular complexity index is 1180. The van der Waals surface area contributed by atoms with Crippen molar-refractivity contribution in [2.24, 2.45) is 5.92 Å². The molecule has 1 saturated heterocycles. The molecule has 0 N–H and O–H groups in total. The van der Waals surface area contributed by atoms with Crippen LogP contribution in [0.5, 0.6) is 0 Å². The van der Waals surface area contributed by atoms with Crippen LogP contribution < -0.4 is 10.5 Å². The molecule has 28 heavy (non-hydrogen) atoms. The predicted octanol–water partition coefficient (Wildman–Crippen LogP) is 3.46. The Kier molecular flexibility index (Phi) is 4.27. The summed E-state index contributed by atoms with van der Waals surface area (Å²) in [6.07, 6.45) is 7.11. The first-order valence-electron chi connectivity index (χ1n) is 9.27. The van der Waals surface area contributed by atoms with Crippen molar-refractivity contribution in [1.82, 2.24) is 19.5 Å². The maximum Gasteiger partial charge on any atom is 0.261 e. The van der Waals surface area contributed by atoms with E-state index >= 15 is 0 Å². The van der Waals surface area contributed by atoms with E-state index in [0.29, 0.717) is 23.4 Å². The largest absolute Gasteiger partial charge is 0.348 e. The van der Waals surface area contributed by atoms with Gasteiger partial charge in [0, 0.05) is 31.9 Å². The average Bonchev–Trinajstić information content (AvgIpc) is 3.15. The van der Waals surface area contributed by atoms with Crippen LogP contribution in [-0.2, 0) is 6.54 Å². The molecule has 5 rings (SSSR count). The van der Waals surface area contributed by atoms with Gasteiger partial charge in [-0.2, -0.15) is 0 Å². The van der Waals surface area contributed by atoms with Gasteiger partial charge in [-0.1, -0.05) is 11.3 Å². The Morgan fingerprint density at radius 2 is 2.04 bits per heavy atom. The summed E-state index contributed by atoms with van der Waals surface area (Å²) in [6, 6.07) is 6.12. The lowest BCUT2D eigenvalue weighted by Crippen LogP contribution is -2.36. The maximum absolute atomic E-state index is 13.3. The van der Waals surface area contributed by atoms with Gasteiger partial charge in [-0.25, -0.2) is 14.4 Å². The van der Waals surface area contributed by atoms with Crippen LogP contribution in [-0.4, -0.2) is 32.6 Å². The summed E-state index contributed by atoms with van der Waals surface area (Å²) in [7, 11) is 0.